The molecule has 0 aliphatic heterocycles. The van der Waals surface area contributed by atoms with Gasteiger partial charge in [0.15, 0.2) is 0 Å². The molecule has 86 valence electrons. The second kappa shape index (κ2) is 4.00. The van der Waals surface area contributed by atoms with Crippen LogP contribution in [-0.2, 0) is 6.54 Å². The van der Waals surface area contributed by atoms with Crippen molar-refractivity contribution in [3.05, 3.63) is 18.6 Å². The van der Waals surface area contributed by atoms with Crippen LogP contribution in [0.4, 0.5) is 5.69 Å². The number of hydrogen-bond donors (Lipinski definition) is 1. The summed E-state index contributed by atoms with van der Waals surface area (Å²) in [6.45, 7) is 7.05. The first-order valence-corrected chi connectivity index (χ1v) is 5.49. The van der Waals surface area contributed by atoms with Crippen LogP contribution in [0, 0.1) is 0 Å². The lowest BCUT2D eigenvalue weighted by Gasteiger charge is -2.02. The minimum absolute atomic E-state index is 0.317. The first kappa shape index (κ1) is 10.7. The Bertz CT molecular complexity index is 480. The molecular weight excluding hydrogens is 202 g/mol. The highest BCUT2D eigenvalue weighted by atomic mass is 15.3. The van der Waals surface area contributed by atoms with Crippen molar-refractivity contribution < 1.29 is 0 Å². The zero-order chi connectivity index (χ0) is 11.7. The number of aryl methyl sites for hydroxylation is 1. The third kappa shape index (κ3) is 1.80. The van der Waals surface area contributed by atoms with Gasteiger partial charge >= 0.3 is 0 Å². The predicted octanol–water partition coefficient (Wildman–Crippen LogP) is 1.93. The summed E-state index contributed by atoms with van der Waals surface area (Å²) in [7, 11) is 0. The number of aromatic nitrogens is 4. The van der Waals surface area contributed by atoms with Crippen LogP contribution < -0.4 is 5.73 Å². The molecule has 0 radical (unpaired) electrons. The minimum atomic E-state index is 0.317. The van der Waals surface area contributed by atoms with Gasteiger partial charge in [0.25, 0.3) is 0 Å². The van der Waals surface area contributed by atoms with E-state index in [4.69, 9.17) is 5.73 Å². The van der Waals surface area contributed by atoms with E-state index in [2.05, 4.69) is 24.0 Å². The van der Waals surface area contributed by atoms with Crippen molar-refractivity contribution in [1.29, 1.82) is 0 Å². The topological polar surface area (TPSA) is 61.7 Å². The van der Waals surface area contributed by atoms with Crippen LogP contribution in [0.2, 0.25) is 0 Å². The van der Waals surface area contributed by atoms with Gasteiger partial charge in [-0.25, -0.2) is 0 Å². The molecule has 16 heavy (non-hydrogen) atoms. The largest absolute Gasteiger partial charge is 0.396 e. The molecule has 0 spiro atoms. The summed E-state index contributed by atoms with van der Waals surface area (Å²) in [5, 5.41) is 8.68. The summed E-state index contributed by atoms with van der Waals surface area (Å²) >= 11 is 0. The van der Waals surface area contributed by atoms with Gasteiger partial charge in [-0.05, 0) is 20.8 Å². The van der Waals surface area contributed by atoms with Crippen LogP contribution in [0.3, 0.4) is 0 Å². The number of nitrogens with zero attached hydrogens (tertiary/aromatic N) is 4. The van der Waals surface area contributed by atoms with Gasteiger partial charge in [0.2, 0.25) is 0 Å². The summed E-state index contributed by atoms with van der Waals surface area (Å²) in [6, 6.07) is 0.317. The Morgan fingerprint density at radius 2 is 2.12 bits per heavy atom. The van der Waals surface area contributed by atoms with E-state index in [1.165, 1.54) is 0 Å². The maximum absolute atomic E-state index is 5.94. The molecule has 0 aliphatic rings. The Morgan fingerprint density at radius 3 is 2.62 bits per heavy atom. The number of rotatable bonds is 3. The lowest BCUT2D eigenvalue weighted by molar-refractivity contribution is 0.534. The molecule has 2 heterocycles. The van der Waals surface area contributed by atoms with Crippen LogP contribution >= 0.6 is 0 Å². The molecule has 5 nitrogen and oxygen atoms in total. The molecule has 0 fully saturated rings. The van der Waals surface area contributed by atoms with Crippen molar-refractivity contribution in [3.8, 4) is 11.3 Å². The highest BCUT2D eigenvalue weighted by Crippen LogP contribution is 2.24. The zero-order valence-corrected chi connectivity index (χ0v) is 9.88. The first-order valence-electron chi connectivity index (χ1n) is 5.49. The van der Waals surface area contributed by atoms with E-state index < -0.39 is 0 Å². The van der Waals surface area contributed by atoms with E-state index in [1.54, 1.807) is 6.20 Å². The molecule has 2 aromatic heterocycles. The van der Waals surface area contributed by atoms with Gasteiger partial charge in [0.1, 0.15) is 5.69 Å². The highest BCUT2D eigenvalue weighted by Gasteiger charge is 2.11. The number of hydrogen-bond acceptors (Lipinski definition) is 3. The third-order valence-corrected chi connectivity index (χ3v) is 2.52. The first-order chi connectivity index (χ1) is 7.61. The van der Waals surface area contributed by atoms with E-state index in [1.807, 2.05) is 28.7 Å². The van der Waals surface area contributed by atoms with Crippen molar-refractivity contribution in [2.75, 3.05) is 5.73 Å². The Labute approximate surface area is 94.9 Å². The van der Waals surface area contributed by atoms with Gasteiger partial charge in [-0.2, -0.15) is 10.2 Å². The quantitative estimate of drug-likeness (QED) is 0.858. The fourth-order valence-corrected chi connectivity index (χ4v) is 1.55. The second-order valence-corrected chi connectivity index (χ2v) is 4.09. The molecule has 0 amide bonds. The molecule has 2 rings (SSSR count). The lowest BCUT2D eigenvalue weighted by Crippen LogP contribution is -2.00. The van der Waals surface area contributed by atoms with E-state index in [0.29, 0.717) is 11.7 Å². The Balaban J connectivity index is 2.39. The molecule has 0 saturated heterocycles. The zero-order valence-electron chi connectivity index (χ0n) is 9.88. The Hall–Kier alpha value is -1.78. The SMILES string of the molecule is CCn1cc(-c2nn(C(C)C)cc2N)cn1. The van der Waals surface area contributed by atoms with E-state index in [0.717, 1.165) is 17.8 Å². The molecule has 2 aromatic rings. The maximum Gasteiger partial charge on any atom is 0.118 e. The molecule has 5 heteroatoms. The van der Waals surface area contributed by atoms with Gasteiger partial charge in [0, 0.05) is 30.5 Å². The fraction of sp³-hybridized carbons (Fsp3) is 0.455. The molecule has 0 atom stereocenters. The van der Waals surface area contributed by atoms with Crippen molar-refractivity contribution in [3.63, 3.8) is 0 Å². The highest BCUT2D eigenvalue weighted by molar-refractivity contribution is 5.70. The van der Waals surface area contributed by atoms with Crippen molar-refractivity contribution in [2.24, 2.45) is 0 Å². The molecule has 0 aromatic carbocycles. The molecule has 0 aliphatic carbocycles. The van der Waals surface area contributed by atoms with Crippen molar-refractivity contribution in [1.82, 2.24) is 19.6 Å². The van der Waals surface area contributed by atoms with E-state index in [-0.39, 0.29) is 0 Å². The van der Waals surface area contributed by atoms with Gasteiger partial charge in [-0.3, -0.25) is 9.36 Å². The standard InChI is InChI=1S/C11H17N5/c1-4-15-6-9(5-13-15)11-10(12)7-16(14-11)8(2)3/h5-8H,4,12H2,1-3H3. The van der Waals surface area contributed by atoms with Crippen LogP contribution in [0.1, 0.15) is 26.8 Å². The van der Waals surface area contributed by atoms with Crippen LogP contribution in [0.5, 0.6) is 0 Å². The number of nitrogens with two attached hydrogens (primary N) is 1. The number of anilines is 1. The van der Waals surface area contributed by atoms with E-state index in [9.17, 15) is 0 Å². The monoisotopic (exact) mass is 219 g/mol. The van der Waals surface area contributed by atoms with Gasteiger partial charge in [-0.1, -0.05) is 0 Å². The second-order valence-electron chi connectivity index (χ2n) is 4.09. The lowest BCUT2D eigenvalue weighted by atomic mass is 10.2. The number of nitrogen functional groups attached to an aromatic ring is 1. The minimum Gasteiger partial charge on any atom is -0.396 e. The van der Waals surface area contributed by atoms with Gasteiger partial charge in [0.05, 0.1) is 11.9 Å². The molecule has 2 N–H and O–H groups in total. The molecule has 0 unspecified atom stereocenters. The van der Waals surface area contributed by atoms with Gasteiger partial charge in [-0.15, -0.1) is 0 Å². The smallest absolute Gasteiger partial charge is 0.118 e. The van der Waals surface area contributed by atoms with Crippen LogP contribution in [0.15, 0.2) is 18.6 Å². The van der Waals surface area contributed by atoms with Crippen molar-refractivity contribution >= 4 is 5.69 Å². The van der Waals surface area contributed by atoms with Crippen LogP contribution in [0.25, 0.3) is 11.3 Å². The predicted molar refractivity (Wildman–Crippen MR) is 63.9 cm³/mol. The summed E-state index contributed by atoms with van der Waals surface area (Å²) in [5.74, 6) is 0. The third-order valence-electron chi connectivity index (χ3n) is 2.52. The summed E-state index contributed by atoms with van der Waals surface area (Å²) in [6.07, 6.45) is 5.62. The Morgan fingerprint density at radius 1 is 1.38 bits per heavy atom. The van der Waals surface area contributed by atoms with Gasteiger partial charge < -0.3 is 5.73 Å². The molecule has 0 bridgehead atoms. The molecule has 0 saturated carbocycles. The summed E-state index contributed by atoms with van der Waals surface area (Å²) in [4.78, 5) is 0. The average Bonchev–Trinajstić information content (AvgIpc) is 2.83. The molecular formula is C11H17N5. The fourth-order valence-electron chi connectivity index (χ4n) is 1.55. The van der Waals surface area contributed by atoms with Crippen LogP contribution in [-0.4, -0.2) is 19.6 Å². The maximum atomic E-state index is 5.94. The normalized spacial score (nSPS) is 11.2. The Kier molecular flexibility index (Phi) is 2.68. The summed E-state index contributed by atoms with van der Waals surface area (Å²) < 4.78 is 3.73. The van der Waals surface area contributed by atoms with Crippen molar-refractivity contribution in [2.45, 2.75) is 33.4 Å². The summed E-state index contributed by atoms with van der Waals surface area (Å²) in [5.41, 5.74) is 8.42. The average molecular weight is 219 g/mol. The van der Waals surface area contributed by atoms with E-state index >= 15 is 0 Å².